The van der Waals surface area contributed by atoms with Crippen molar-refractivity contribution in [2.45, 2.75) is 25.9 Å². The fourth-order valence-electron chi connectivity index (χ4n) is 3.79. The van der Waals surface area contributed by atoms with Gasteiger partial charge in [-0.15, -0.1) is 35.3 Å². The zero-order chi connectivity index (χ0) is 21.6. The van der Waals surface area contributed by atoms with Gasteiger partial charge in [0.15, 0.2) is 5.96 Å². The zero-order valence-electron chi connectivity index (χ0n) is 18.4. The molecule has 0 saturated heterocycles. The first kappa shape index (κ1) is 24.2. The average Bonchev–Trinajstić information content (AvgIpc) is 3.46. The number of carbonyl (C=O) groups excluding carboxylic acids is 1. The minimum atomic E-state index is 0. The summed E-state index contributed by atoms with van der Waals surface area (Å²) in [7, 11) is 3.71. The second kappa shape index (κ2) is 11.5. The summed E-state index contributed by atoms with van der Waals surface area (Å²) in [4.78, 5) is 30.2. The number of amides is 1. The molecule has 0 unspecified atom stereocenters. The third kappa shape index (κ3) is 5.89. The standard InChI is InChI=1S/C23H28N6OS.HI/c1-24-23(25-11-8-22(30)29-12-9-20-18(15-29)10-13-31-20)28(2)16-21-26-14-19(27-21)17-6-4-3-5-7-17;/h3-7,10,13-14H,8-9,11-12,15-16H2,1-2H3,(H,24,25)(H,26,27);1H. The smallest absolute Gasteiger partial charge is 0.224 e. The van der Waals surface area contributed by atoms with E-state index in [0.717, 1.165) is 42.6 Å². The molecule has 3 aromatic rings. The minimum Gasteiger partial charge on any atom is -0.356 e. The first-order valence-corrected chi connectivity index (χ1v) is 11.4. The number of aliphatic imine (C=N–C) groups is 1. The van der Waals surface area contributed by atoms with Gasteiger partial charge in [-0.25, -0.2) is 4.98 Å². The number of hydrogen-bond acceptors (Lipinski definition) is 4. The Morgan fingerprint density at radius 1 is 1.31 bits per heavy atom. The lowest BCUT2D eigenvalue weighted by Crippen LogP contribution is -2.41. The number of nitrogens with zero attached hydrogens (tertiary/aromatic N) is 4. The Morgan fingerprint density at radius 3 is 2.91 bits per heavy atom. The summed E-state index contributed by atoms with van der Waals surface area (Å²) in [5, 5.41) is 5.41. The van der Waals surface area contributed by atoms with Gasteiger partial charge < -0.3 is 20.1 Å². The Labute approximate surface area is 210 Å². The van der Waals surface area contributed by atoms with Gasteiger partial charge >= 0.3 is 0 Å². The van der Waals surface area contributed by atoms with Crippen molar-refractivity contribution in [2.75, 3.05) is 27.2 Å². The van der Waals surface area contributed by atoms with Gasteiger partial charge in [0.1, 0.15) is 5.82 Å². The molecule has 0 radical (unpaired) electrons. The number of fused-ring (bicyclic) bond motifs is 1. The van der Waals surface area contributed by atoms with Crippen LogP contribution in [0.1, 0.15) is 22.7 Å². The number of benzene rings is 1. The van der Waals surface area contributed by atoms with Gasteiger partial charge in [-0.3, -0.25) is 9.79 Å². The molecule has 0 atom stereocenters. The molecule has 0 fully saturated rings. The lowest BCUT2D eigenvalue weighted by atomic mass is 10.1. The number of guanidine groups is 1. The van der Waals surface area contributed by atoms with Crippen LogP contribution in [0.4, 0.5) is 0 Å². The molecule has 0 saturated carbocycles. The van der Waals surface area contributed by atoms with Crippen molar-refractivity contribution in [3.63, 3.8) is 0 Å². The van der Waals surface area contributed by atoms with E-state index in [9.17, 15) is 4.79 Å². The van der Waals surface area contributed by atoms with Crippen molar-refractivity contribution in [3.05, 3.63) is 64.2 Å². The third-order valence-electron chi connectivity index (χ3n) is 5.46. The maximum absolute atomic E-state index is 12.6. The first-order valence-electron chi connectivity index (χ1n) is 10.5. The molecule has 0 aliphatic carbocycles. The number of hydrogen-bond donors (Lipinski definition) is 2. The van der Waals surface area contributed by atoms with Crippen LogP contribution in [0, 0.1) is 0 Å². The summed E-state index contributed by atoms with van der Waals surface area (Å²) in [5.41, 5.74) is 3.39. The molecule has 1 amide bonds. The SMILES string of the molecule is CN=C(NCCC(=O)N1CCc2sccc2C1)N(C)Cc1ncc(-c2ccccc2)[nH]1.I. The van der Waals surface area contributed by atoms with Crippen LogP contribution in [0.25, 0.3) is 11.3 Å². The van der Waals surface area contributed by atoms with Crippen LogP contribution in [-0.4, -0.2) is 58.8 Å². The van der Waals surface area contributed by atoms with Crippen LogP contribution in [0.2, 0.25) is 0 Å². The highest BCUT2D eigenvalue weighted by Crippen LogP contribution is 2.24. The maximum Gasteiger partial charge on any atom is 0.224 e. The molecule has 2 aromatic heterocycles. The number of thiophene rings is 1. The molecule has 4 rings (SSSR count). The first-order chi connectivity index (χ1) is 15.1. The molecule has 1 aromatic carbocycles. The highest BCUT2D eigenvalue weighted by Gasteiger charge is 2.21. The number of rotatable bonds is 6. The Kier molecular flexibility index (Phi) is 8.68. The van der Waals surface area contributed by atoms with Gasteiger partial charge in [0.25, 0.3) is 0 Å². The number of imidazole rings is 1. The molecule has 3 heterocycles. The van der Waals surface area contributed by atoms with E-state index in [0.29, 0.717) is 19.5 Å². The van der Waals surface area contributed by atoms with Crippen LogP contribution in [0.3, 0.4) is 0 Å². The molecule has 9 heteroatoms. The Balaban J connectivity index is 0.00000289. The average molecular weight is 564 g/mol. The van der Waals surface area contributed by atoms with Gasteiger partial charge in [-0.2, -0.15) is 0 Å². The van der Waals surface area contributed by atoms with Crippen molar-refractivity contribution in [1.82, 2.24) is 25.1 Å². The summed E-state index contributed by atoms with van der Waals surface area (Å²) in [5.74, 6) is 1.78. The number of carbonyl (C=O) groups is 1. The van der Waals surface area contributed by atoms with Gasteiger partial charge in [-0.05, 0) is 29.0 Å². The molecule has 1 aliphatic rings. The fraction of sp³-hybridized carbons (Fsp3) is 0.348. The molecule has 7 nitrogen and oxygen atoms in total. The van der Waals surface area contributed by atoms with Crippen LogP contribution in [0.5, 0.6) is 0 Å². The molecule has 2 N–H and O–H groups in total. The van der Waals surface area contributed by atoms with E-state index in [2.05, 4.69) is 43.9 Å². The van der Waals surface area contributed by atoms with Crippen molar-refractivity contribution in [2.24, 2.45) is 4.99 Å². The number of nitrogens with one attached hydrogen (secondary N) is 2. The fourth-order valence-corrected chi connectivity index (χ4v) is 4.68. The Hall–Kier alpha value is -2.40. The van der Waals surface area contributed by atoms with E-state index >= 15 is 0 Å². The van der Waals surface area contributed by atoms with Crippen molar-refractivity contribution in [3.8, 4) is 11.3 Å². The predicted molar refractivity (Wildman–Crippen MR) is 140 cm³/mol. The Morgan fingerprint density at radius 2 is 2.12 bits per heavy atom. The van der Waals surface area contributed by atoms with E-state index in [1.165, 1.54) is 10.4 Å². The monoisotopic (exact) mass is 564 g/mol. The zero-order valence-corrected chi connectivity index (χ0v) is 21.5. The van der Waals surface area contributed by atoms with Crippen molar-refractivity contribution in [1.29, 1.82) is 0 Å². The maximum atomic E-state index is 12.6. The molecule has 0 spiro atoms. The number of aromatic nitrogens is 2. The van der Waals surface area contributed by atoms with Crippen LogP contribution >= 0.6 is 35.3 Å². The summed E-state index contributed by atoms with van der Waals surface area (Å²) in [6, 6.07) is 12.3. The molecule has 1 aliphatic heterocycles. The van der Waals surface area contributed by atoms with Gasteiger partial charge in [0, 0.05) is 45.0 Å². The summed E-state index contributed by atoms with van der Waals surface area (Å²) < 4.78 is 0. The summed E-state index contributed by atoms with van der Waals surface area (Å²) >= 11 is 1.79. The van der Waals surface area contributed by atoms with Crippen LogP contribution < -0.4 is 5.32 Å². The van der Waals surface area contributed by atoms with E-state index < -0.39 is 0 Å². The largest absolute Gasteiger partial charge is 0.356 e. The molecule has 170 valence electrons. The lowest BCUT2D eigenvalue weighted by Gasteiger charge is -2.27. The third-order valence-corrected chi connectivity index (χ3v) is 6.48. The van der Waals surface area contributed by atoms with E-state index in [4.69, 9.17) is 0 Å². The van der Waals surface area contributed by atoms with Crippen LogP contribution in [0.15, 0.2) is 53.0 Å². The number of halogens is 1. The molecule has 32 heavy (non-hydrogen) atoms. The van der Waals surface area contributed by atoms with E-state index in [1.54, 1.807) is 18.4 Å². The van der Waals surface area contributed by atoms with E-state index in [1.807, 2.05) is 41.2 Å². The normalized spacial score (nSPS) is 13.3. The van der Waals surface area contributed by atoms with Crippen molar-refractivity contribution < 1.29 is 4.79 Å². The van der Waals surface area contributed by atoms with Gasteiger partial charge in [0.2, 0.25) is 5.91 Å². The highest BCUT2D eigenvalue weighted by molar-refractivity contribution is 14.0. The number of aromatic amines is 1. The summed E-state index contributed by atoms with van der Waals surface area (Å²) in [6.45, 7) is 2.68. The quantitative estimate of drug-likeness (QED) is 0.272. The Bertz CT molecular complexity index is 1050. The van der Waals surface area contributed by atoms with E-state index in [-0.39, 0.29) is 29.9 Å². The highest BCUT2D eigenvalue weighted by atomic mass is 127. The van der Waals surface area contributed by atoms with Crippen LogP contribution in [-0.2, 0) is 24.3 Å². The van der Waals surface area contributed by atoms with Gasteiger partial charge in [0.05, 0.1) is 18.4 Å². The van der Waals surface area contributed by atoms with Gasteiger partial charge in [-0.1, -0.05) is 30.3 Å². The number of H-pyrrole nitrogens is 1. The van der Waals surface area contributed by atoms with Crippen molar-refractivity contribution >= 4 is 47.2 Å². The lowest BCUT2D eigenvalue weighted by molar-refractivity contribution is -0.131. The minimum absolute atomic E-state index is 0. The summed E-state index contributed by atoms with van der Waals surface area (Å²) in [6.07, 6.45) is 3.26. The second-order valence-corrected chi connectivity index (χ2v) is 8.62. The second-order valence-electron chi connectivity index (χ2n) is 7.62. The predicted octanol–water partition coefficient (Wildman–Crippen LogP) is 3.74. The molecule has 0 bridgehead atoms. The molecular weight excluding hydrogens is 535 g/mol. The molecular formula is C23H29IN6OS. The topological polar surface area (TPSA) is 76.6 Å².